The fraction of sp³-hybridized carbons (Fsp3) is 0.588. The number of ether oxygens (including phenoxy) is 1. The Bertz CT molecular complexity index is 487. The molecule has 1 fully saturated rings. The van der Waals surface area contributed by atoms with Crippen LogP contribution in [0.25, 0.3) is 0 Å². The van der Waals surface area contributed by atoms with Gasteiger partial charge in [-0.2, -0.15) is 0 Å². The van der Waals surface area contributed by atoms with E-state index < -0.39 is 0 Å². The molecule has 0 aromatic heterocycles. The van der Waals surface area contributed by atoms with Gasteiger partial charge in [0.1, 0.15) is 5.75 Å². The second-order valence-corrected chi connectivity index (χ2v) is 6.23. The smallest absolute Gasteiger partial charge is 0.221 e. The predicted octanol–water partition coefficient (Wildman–Crippen LogP) is 2.56. The van der Waals surface area contributed by atoms with Gasteiger partial charge in [0.2, 0.25) is 5.91 Å². The molecule has 4 nitrogen and oxygen atoms in total. The molecule has 1 heterocycles. The molecule has 1 aromatic carbocycles. The number of piperidine rings is 1. The average Bonchev–Trinajstić information content (AvgIpc) is 2.42. The van der Waals surface area contributed by atoms with Crippen LogP contribution in [0.3, 0.4) is 0 Å². The van der Waals surface area contributed by atoms with Crippen molar-refractivity contribution in [2.75, 3.05) is 6.54 Å². The zero-order valence-corrected chi connectivity index (χ0v) is 13.2. The quantitative estimate of drug-likeness (QED) is 0.906. The Kier molecular flexibility index (Phi) is 5.23. The molecule has 0 spiro atoms. The first kappa shape index (κ1) is 15.8. The van der Waals surface area contributed by atoms with Crippen molar-refractivity contribution in [3.63, 3.8) is 0 Å². The van der Waals surface area contributed by atoms with Gasteiger partial charge in [-0.25, -0.2) is 0 Å². The summed E-state index contributed by atoms with van der Waals surface area (Å²) >= 11 is 0. The molecule has 1 aliphatic rings. The van der Waals surface area contributed by atoms with Crippen molar-refractivity contribution in [2.45, 2.75) is 52.3 Å². The molecule has 21 heavy (non-hydrogen) atoms. The zero-order valence-electron chi connectivity index (χ0n) is 13.2. The number of likely N-dealkylation sites (tertiary alicyclic amines) is 1. The van der Waals surface area contributed by atoms with Gasteiger partial charge in [0.25, 0.3) is 0 Å². The normalized spacial score (nSPS) is 23.2. The number of para-hydroxylation sites is 1. The summed E-state index contributed by atoms with van der Waals surface area (Å²) in [6, 6.07) is 8.59. The molecule has 4 heteroatoms. The fourth-order valence-corrected chi connectivity index (χ4v) is 2.85. The third kappa shape index (κ3) is 4.21. The first-order chi connectivity index (χ1) is 9.97. The lowest BCUT2D eigenvalue weighted by atomic mass is 9.92. The Labute approximate surface area is 127 Å². The maximum absolute atomic E-state index is 11.4. The molecule has 1 saturated heterocycles. The van der Waals surface area contributed by atoms with Gasteiger partial charge in [-0.3, -0.25) is 9.69 Å². The molecule has 2 rings (SSSR count). The Morgan fingerprint density at radius 2 is 2.10 bits per heavy atom. The van der Waals surface area contributed by atoms with E-state index >= 15 is 0 Å². The number of carbonyl (C=O) groups is 1. The van der Waals surface area contributed by atoms with Gasteiger partial charge in [0.05, 0.1) is 12.0 Å². The summed E-state index contributed by atoms with van der Waals surface area (Å²) < 4.78 is 5.88. The molecule has 1 aliphatic heterocycles. The van der Waals surface area contributed by atoms with Crippen molar-refractivity contribution >= 4 is 5.91 Å². The topological polar surface area (TPSA) is 55.6 Å². The number of amides is 1. The average molecular weight is 290 g/mol. The van der Waals surface area contributed by atoms with Crippen LogP contribution in [0.1, 0.15) is 39.2 Å². The van der Waals surface area contributed by atoms with Gasteiger partial charge in [-0.05, 0) is 39.7 Å². The number of hydrogen-bond donors (Lipinski definition) is 1. The highest BCUT2D eigenvalue weighted by Gasteiger charge is 2.29. The SMILES string of the molecule is CC(C)Oc1ccccc1CN1C[C@H](C(N)=O)CC[C@H]1C. The second kappa shape index (κ2) is 6.94. The molecular weight excluding hydrogens is 264 g/mol. The summed E-state index contributed by atoms with van der Waals surface area (Å²) in [4.78, 5) is 13.8. The highest BCUT2D eigenvalue weighted by Crippen LogP contribution is 2.27. The highest BCUT2D eigenvalue weighted by molar-refractivity contribution is 5.77. The molecule has 116 valence electrons. The van der Waals surface area contributed by atoms with E-state index in [2.05, 4.69) is 17.9 Å². The van der Waals surface area contributed by atoms with Crippen LogP contribution in [-0.2, 0) is 11.3 Å². The molecule has 0 saturated carbocycles. The Morgan fingerprint density at radius 1 is 1.38 bits per heavy atom. The minimum absolute atomic E-state index is 0.0284. The summed E-state index contributed by atoms with van der Waals surface area (Å²) in [5.74, 6) is 0.721. The van der Waals surface area contributed by atoms with Gasteiger partial charge in [-0.15, -0.1) is 0 Å². The van der Waals surface area contributed by atoms with Crippen molar-refractivity contribution in [1.82, 2.24) is 4.90 Å². The number of rotatable bonds is 5. The van der Waals surface area contributed by atoms with Crippen molar-refractivity contribution in [1.29, 1.82) is 0 Å². The summed E-state index contributed by atoms with van der Waals surface area (Å²) in [7, 11) is 0. The van der Waals surface area contributed by atoms with E-state index in [1.165, 1.54) is 5.56 Å². The van der Waals surface area contributed by atoms with Gasteiger partial charge in [0, 0.05) is 24.7 Å². The van der Waals surface area contributed by atoms with Crippen molar-refractivity contribution in [3.05, 3.63) is 29.8 Å². The lowest BCUT2D eigenvalue weighted by Gasteiger charge is -2.37. The van der Waals surface area contributed by atoms with Crippen LogP contribution in [0.5, 0.6) is 5.75 Å². The Balaban J connectivity index is 2.11. The van der Waals surface area contributed by atoms with E-state index in [0.717, 1.165) is 31.7 Å². The standard InChI is InChI=1S/C17H26N2O2/c1-12(2)21-16-7-5-4-6-14(16)10-19-11-15(17(18)20)9-8-13(19)3/h4-7,12-13,15H,8-11H2,1-3H3,(H2,18,20)/t13-,15-/m1/s1. The zero-order chi connectivity index (χ0) is 15.4. The highest BCUT2D eigenvalue weighted by atomic mass is 16.5. The van der Waals surface area contributed by atoms with Crippen molar-refractivity contribution in [3.8, 4) is 5.75 Å². The molecule has 2 atom stereocenters. The first-order valence-electron chi connectivity index (χ1n) is 7.75. The lowest BCUT2D eigenvalue weighted by Crippen LogP contribution is -2.45. The minimum atomic E-state index is -0.182. The molecule has 0 bridgehead atoms. The summed E-state index contributed by atoms with van der Waals surface area (Å²) in [6.07, 6.45) is 2.07. The van der Waals surface area contributed by atoms with Crippen LogP contribution >= 0.6 is 0 Å². The van der Waals surface area contributed by atoms with E-state index in [1.807, 2.05) is 32.0 Å². The van der Waals surface area contributed by atoms with Crippen LogP contribution in [0.2, 0.25) is 0 Å². The van der Waals surface area contributed by atoms with E-state index in [1.54, 1.807) is 0 Å². The van der Waals surface area contributed by atoms with E-state index in [9.17, 15) is 4.79 Å². The van der Waals surface area contributed by atoms with Crippen molar-refractivity contribution in [2.24, 2.45) is 11.7 Å². The fourth-order valence-electron chi connectivity index (χ4n) is 2.85. The van der Waals surface area contributed by atoms with Crippen LogP contribution in [-0.4, -0.2) is 29.5 Å². The maximum atomic E-state index is 11.4. The molecule has 0 unspecified atom stereocenters. The van der Waals surface area contributed by atoms with Gasteiger partial charge >= 0.3 is 0 Å². The summed E-state index contributed by atoms with van der Waals surface area (Å²) in [6.45, 7) is 7.82. The molecule has 0 radical (unpaired) electrons. The molecule has 2 N–H and O–H groups in total. The number of nitrogens with zero attached hydrogens (tertiary/aromatic N) is 1. The van der Waals surface area contributed by atoms with Crippen LogP contribution in [0.4, 0.5) is 0 Å². The third-order valence-corrected chi connectivity index (χ3v) is 4.12. The lowest BCUT2D eigenvalue weighted by molar-refractivity contribution is -0.124. The number of hydrogen-bond acceptors (Lipinski definition) is 3. The summed E-state index contributed by atoms with van der Waals surface area (Å²) in [5.41, 5.74) is 6.64. The van der Waals surface area contributed by atoms with Crippen LogP contribution in [0, 0.1) is 5.92 Å². The van der Waals surface area contributed by atoms with Crippen molar-refractivity contribution < 1.29 is 9.53 Å². The molecular formula is C17H26N2O2. The minimum Gasteiger partial charge on any atom is -0.491 e. The van der Waals surface area contributed by atoms with E-state index in [0.29, 0.717) is 6.04 Å². The summed E-state index contributed by atoms with van der Waals surface area (Å²) in [5, 5.41) is 0. The van der Waals surface area contributed by atoms with Crippen LogP contribution in [0.15, 0.2) is 24.3 Å². The predicted molar refractivity (Wildman–Crippen MR) is 84.0 cm³/mol. The third-order valence-electron chi connectivity index (χ3n) is 4.12. The Morgan fingerprint density at radius 3 is 2.76 bits per heavy atom. The monoisotopic (exact) mass is 290 g/mol. The largest absolute Gasteiger partial charge is 0.491 e. The molecule has 1 amide bonds. The van der Waals surface area contributed by atoms with E-state index in [4.69, 9.17) is 10.5 Å². The number of benzene rings is 1. The first-order valence-corrected chi connectivity index (χ1v) is 7.75. The number of nitrogens with two attached hydrogens (primary N) is 1. The Hall–Kier alpha value is -1.55. The van der Waals surface area contributed by atoms with Gasteiger partial charge < -0.3 is 10.5 Å². The van der Waals surface area contributed by atoms with E-state index in [-0.39, 0.29) is 17.9 Å². The van der Waals surface area contributed by atoms with Crippen LogP contribution < -0.4 is 10.5 Å². The maximum Gasteiger partial charge on any atom is 0.221 e. The molecule has 0 aliphatic carbocycles. The number of carbonyl (C=O) groups excluding carboxylic acids is 1. The molecule has 1 aromatic rings. The number of primary amides is 1. The second-order valence-electron chi connectivity index (χ2n) is 6.23. The van der Waals surface area contributed by atoms with Gasteiger partial charge in [-0.1, -0.05) is 18.2 Å². The van der Waals surface area contributed by atoms with Gasteiger partial charge in [0.15, 0.2) is 0 Å².